The summed E-state index contributed by atoms with van der Waals surface area (Å²) in [5, 5.41) is 0. The Hall–Kier alpha value is -2.64. The van der Waals surface area contributed by atoms with Crippen LogP contribution in [-0.2, 0) is 15.8 Å². The first-order valence-corrected chi connectivity index (χ1v) is 9.28. The van der Waals surface area contributed by atoms with Gasteiger partial charge in [0.15, 0.2) is 0 Å². The zero-order valence-electron chi connectivity index (χ0n) is 15.0. The third-order valence-corrected chi connectivity index (χ3v) is 5.66. The van der Waals surface area contributed by atoms with Gasteiger partial charge in [0.05, 0.1) is 5.41 Å². The molecule has 3 aromatic rings. The maximum Gasteiger partial charge on any atom is 0.131 e. The van der Waals surface area contributed by atoms with E-state index >= 15 is 0 Å². The third kappa shape index (κ3) is 2.43. The van der Waals surface area contributed by atoms with Crippen molar-refractivity contribution in [2.45, 2.75) is 23.9 Å². The Balaban J connectivity index is 2.06. The lowest BCUT2D eigenvalue weighted by Crippen LogP contribution is -2.53. The maximum atomic E-state index is 6.73. The minimum Gasteiger partial charge on any atom is -0.364 e. The fourth-order valence-corrected chi connectivity index (χ4v) is 4.52. The van der Waals surface area contributed by atoms with Crippen molar-refractivity contribution in [2.75, 3.05) is 6.61 Å². The summed E-state index contributed by atoms with van der Waals surface area (Å²) in [6.07, 6.45) is 4.13. The number of ether oxygens (including phenoxy) is 1. The molecule has 130 valence electrons. The second-order valence-corrected chi connectivity index (χ2v) is 6.91. The van der Waals surface area contributed by atoms with Crippen molar-refractivity contribution in [1.29, 1.82) is 0 Å². The van der Waals surface area contributed by atoms with E-state index < -0.39 is 5.60 Å². The molecule has 0 aromatic heterocycles. The van der Waals surface area contributed by atoms with Crippen molar-refractivity contribution in [3.05, 3.63) is 120 Å². The first-order chi connectivity index (χ1) is 12.8. The van der Waals surface area contributed by atoms with Gasteiger partial charge >= 0.3 is 0 Å². The van der Waals surface area contributed by atoms with E-state index in [1.54, 1.807) is 0 Å². The van der Waals surface area contributed by atoms with E-state index in [1.165, 1.54) is 16.7 Å². The monoisotopic (exact) mass is 340 g/mol. The highest BCUT2D eigenvalue weighted by Crippen LogP contribution is 2.55. The van der Waals surface area contributed by atoms with Crippen molar-refractivity contribution >= 4 is 0 Å². The Kier molecular flexibility index (Phi) is 4.48. The van der Waals surface area contributed by atoms with Crippen LogP contribution in [0.4, 0.5) is 0 Å². The van der Waals surface area contributed by atoms with Crippen LogP contribution in [0.25, 0.3) is 0 Å². The highest BCUT2D eigenvalue weighted by atomic mass is 16.5. The fourth-order valence-electron chi connectivity index (χ4n) is 4.52. The summed E-state index contributed by atoms with van der Waals surface area (Å²) in [5.41, 5.74) is 2.69. The molecule has 0 amide bonds. The molecule has 0 N–H and O–H groups in total. The van der Waals surface area contributed by atoms with Gasteiger partial charge in [-0.2, -0.15) is 0 Å². The molecule has 0 saturated carbocycles. The Morgan fingerprint density at radius 3 is 1.62 bits per heavy atom. The van der Waals surface area contributed by atoms with Gasteiger partial charge < -0.3 is 4.74 Å². The lowest BCUT2D eigenvalue weighted by Gasteiger charge is -2.53. The Labute approximate surface area is 156 Å². The van der Waals surface area contributed by atoms with E-state index in [0.29, 0.717) is 0 Å². The minimum absolute atomic E-state index is 0.324. The van der Waals surface area contributed by atoms with E-state index in [1.807, 2.05) is 0 Å². The topological polar surface area (TPSA) is 9.23 Å². The maximum absolute atomic E-state index is 6.73. The average molecular weight is 340 g/mol. The first kappa shape index (κ1) is 16.8. The SMILES string of the molecule is C=CC1(c2ccccc2)CCCOC1(c1ccccc1)c1ccccc1. The van der Waals surface area contributed by atoms with Gasteiger partial charge in [0.1, 0.15) is 5.60 Å². The van der Waals surface area contributed by atoms with Gasteiger partial charge in [0, 0.05) is 6.61 Å². The van der Waals surface area contributed by atoms with Gasteiger partial charge in [-0.05, 0) is 29.5 Å². The molecule has 3 aromatic carbocycles. The molecule has 1 fully saturated rings. The fraction of sp³-hybridized carbons (Fsp3) is 0.200. The van der Waals surface area contributed by atoms with Crippen molar-refractivity contribution < 1.29 is 4.74 Å². The summed E-state index contributed by atoms with van der Waals surface area (Å²) >= 11 is 0. The smallest absolute Gasteiger partial charge is 0.131 e. The van der Waals surface area contributed by atoms with Crippen LogP contribution in [0.2, 0.25) is 0 Å². The van der Waals surface area contributed by atoms with Gasteiger partial charge in [-0.15, -0.1) is 6.58 Å². The van der Waals surface area contributed by atoms with E-state index in [9.17, 15) is 0 Å². The number of benzene rings is 3. The lowest BCUT2D eigenvalue weighted by molar-refractivity contribution is -0.0978. The van der Waals surface area contributed by atoms with Crippen LogP contribution in [0, 0.1) is 0 Å². The van der Waals surface area contributed by atoms with Gasteiger partial charge in [-0.25, -0.2) is 0 Å². The molecular formula is C25H24O. The van der Waals surface area contributed by atoms with Crippen molar-refractivity contribution in [3.8, 4) is 0 Å². The standard InChI is InChI=1S/C25H24O/c1-2-24(21-13-6-3-7-14-21)19-12-20-26-25(24,22-15-8-4-9-16-22)23-17-10-5-11-18-23/h2-11,13-18H,1,12,19-20H2. The molecule has 26 heavy (non-hydrogen) atoms. The van der Waals surface area contributed by atoms with Crippen LogP contribution >= 0.6 is 0 Å². The Morgan fingerprint density at radius 2 is 1.15 bits per heavy atom. The molecule has 0 bridgehead atoms. The summed E-state index contributed by atoms with van der Waals surface area (Å²) in [5.74, 6) is 0. The first-order valence-electron chi connectivity index (χ1n) is 9.28. The molecular weight excluding hydrogens is 316 g/mol. The summed E-state index contributed by atoms with van der Waals surface area (Å²) < 4.78 is 6.73. The van der Waals surface area contributed by atoms with Crippen LogP contribution in [0.15, 0.2) is 104 Å². The van der Waals surface area contributed by atoms with Crippen molar-refractivity contribution in [3.63, 3.8) is 0 Å². The van der Waals surface area contributed by atoms with Crippen LogP contribution in [0.1, 0.15) is 29.5 Å². The minimum atomic E-state index is -0.586. The largest absolute Gasteiger partial charge is 0.364 e. The molecule has 1 atom stereocenters. The Morgan fingerprint density at radius 1 is 0.692 bits per heavy atom. The quantitative estimate of drug-likeness (QED) is 0.540. The second-order valence-electron chi connectivity index (χ2n) is 6.91. The summed E-state index contributed by atoms with van der Waals surface area (Å²) in [6.45, 7) is 5.04. The Bertz CT molecular complexity index is 815. The highest BCUT2D eigenvalue weighted by molar-refractivity contribution is 5.49. The summed E-state index contributed by atoms with van der Waals surface area (Å²) in [6, 6.07) is 31.9. The molecule has 1 nitrogen and oxygen atoms in total. The predicted octanol–water partition coefficient (Wildman–Crippen LogP) is 5.86. The normalized spacial score (nSPS) is 21.8. The summed E-state index contributed by atoms with van der Waals surface area (Å²) in [4.78, 5) is 0. The lowest BCUT2D eigenvalue weighted by atomic mass is 9.58. The second kappa shape index (κ2) is 6.93. The van der Waals surface area contributed by atoms with Gasteiger partial charge in [-0.1, -0.05) is 97.1 Å². The van der Waals surface area contributed by atoms with E-state index in [4.69, 9.17) is 4.74 Å². The average Bonchev–Trinajstić information content (AvgIpc) is 2.75. The van der Waals surface area contributed by atoms with Crippen LogP contribution in [0.5, 0.6) is 0 Å². The number of rotatable bonds is 4. The van der Waals surface area contributed by atoms with Crippen LogP contribution < -0.4 is 0 Å². The van der Waals surface area contributed by atoms with Crippen molar-refractivity contribution in [1.82, 2.24) is 0 Å². The van der Waals surface area contributed by atoms with E-state index in [-0.39, 0.29) is 5.41 Å². The number of hydrogen-bond acceptors (Lipinski definition) is 1. The molecule has 1 aliphatic rings. The highest BCUT2D eigenvalue weighted by Gasteiger charge is 2.55. The molecule has 1 unspecified atom stereocenters. The van der Waals surface area contributed by atoms with Crippen LogP contribution in [-0.4, -0.2) is 6.61 Å². The molecule has 0 spiro atoms. The van der Waals surface area contributed by atoms with E-state index in [0.717, 1.165) is 19.4 Å². The van der Waals surface area contributed by atoms with E-state index in [2.05, 4.69) is 104 Å². The predicted molar refractivity (Wildman–Crippen MR) is 107 cm³/mol. The molecule has 4 rings (SSSR count). The zero-order valence-corrected chi connectivity index (χ0v) is 15.0. The molecule has 1 saturated heterocycles. The molecule has 0 radical (unpaired) electrons. The molecule has 0 aliphatic carbocycles. The van der Waals surface area contributed by atoms with Gasteiger partial charge in [0.25, 0.3) is 0 Å². The van der Waals surface area contributed by atoms with Crippen molar-refractivity contribution in [2.24, 2.45) is 0 Å². The molecule has 1 aliphatic heterocycles. The third-order valence-electron chi connectivity index (χ3n) is 5.66. The van der Waals surface area contributed by atoms with Gasteiger partial charge in [-0.3, -0.25) is 0 Å². The summed E-state index contributed by atoms with van der Waals surface area (Å²) in [7, 11) is 0. The zero-order chi connectivity index (χ0) is 17.9. The molecule has 1 heteroatoms. The molecule has 1 heterocycles. The number of hydrogen-bond donors (Lipinski definition) is 0. The van der Waals surface area contributed by atoms with Gasteiger partial charge in [0.2, 0.25) is 0 Å². The van der Waals surface area contributed by atoms with Crippen LogP contribution in [0.3, 0.4) is 0 Å².